The molecule has 0 unspecified atom stereocenters. The molecule has 0 radical (unpaired) electrons. The van der Waals surface area contributed by atoms with Gasteiger partial charge < -0.3 is 15.4 Å². The van der Waals surface area contributed by atoms with Crippen molar-refractivity contribution in [1.29, 1.82) is 0 Å². The van der Waals surface area contributed by atoms with Crippen molar-refractivity contribution in [3.05, 3.63) is 71.8 Å². The van der Waals surface area contributed by atoms with E-state index in [1.54, 1.807) is 23.1 Å². The molecule has 0 saturated heterocycles. The van der Waals surface area contributed by atoms with E-state index in [2.05, 4.69) is 0 Å². The fraction of sp³-hybridized carbons (Fsp3) is 0.182. The molecule has 0 aliphatic heterocycles. The third-order valence-electron chi connectivity index (χ3n) is 4.43. The maximum Gasteiger partial charge on any atom is 0.264 e. The Morgan fingerprint density at radius 3 is 2.52 bits per heavy atom. The molecule has 0 bridgehead atoms. The van der Waals surface area contributed by atoms with Crippen LogP contribution < -0.4 is 15.4 Å². The highest BCUT2D eigenvalue weighted by Gasteiger charge is 2.18. The molecule has 3 aromatic rings. The zero-order valence-corrected chi connectivity index (χ0v) is 15.4. The fourth-order valence-corrected chi connectivity index (χ4v) is 3.09. The number of carbonyl (C=O) groups excluding carboxylic acids is 2. The molecule has 138 valence electrons. The first-order chi connectivity index (χ1) is 13.0. The van der Waals surface area contributed by atoms with E-state index in [-0.39, 0.29) is 18.1 Å². The van der Waals surface area contributed by atoms with Crippen LogP contribution in [0.15, 0.2) is 60.7 Å². The molecule has 2 amide bonds. The lowest BCUT2D eigenvalue weighted by atomic mass is 10.1. The van der Waals surface area contributed by atoms with E-state index in [0.29, 0.717) is 12.3 Å². The van der Waals surface area contributed by atoms with E-state index in [4.69, 9.17) is 10.5 Å². The van der Waals surface area contributed by atoms with Crippen LogP contribution in [0.1, 0.15) is 22.8 Å². The van der Waals surface area contributed by atoms with Crippen LogP contribution >= 0.6 is 0 Å². The van der Waals surface area contributed by atoms with E-state index in [9.17, 15) is 9.59 Å². The number of anilines is 1. The Bertz CT molecular complexity index is 993. The second-order valence-electron chi connectivity index (χ2n) is 6.29. The van der Waals surface area contributed by atoms with Gasteiger partial charge in [0, 0.05) is 11.9 Å². The van der Waals surface area contributed by atoms with Gasteiger partial charge in [0.25, 0.3) is 11.8 Å². The smallest absolute Gasteiger partial charge is 0.264 e. The molecule has 5 nitrogen and oxygen atoms in total. The van der Waals surface area contributed by atoms with Gasteiger partial charge >= 0.3 is 0 Å². The number of hydrogen-bond donors (Lipinski definition) is 1. The zero-order valence-electron chi connectivity index (χ0n) is 15.4. The van der Waals surface area contributed by atoms with Gasteiger partial charge in [-0.2, -0.15) is 0 Å². The van der Waals surface area contributed by atoms with Crippen molar-refractivity contribution in [3.63, 3.8) is 0 Å². The van der Waals surface area contributed by atoms with Crippen LogP contribution in [-0.4, -0.2) is 25.0 Å². The molecule has 5 heteroatoms. The van der Waals surface area contributed by atoms with Crippen LogP contribution in [0.2, 0.25) is 0 Å². The van der Waals surface area contributed by atoms with Crippen molar-refractivity contribution in [2.24, 2.45) is 5.73 Å². The van der Waals surface area contributed by atoms with Crippen LogP contribution in [-0.2, 0) is 4.79 Å². The molecular formula is C22H22N2O3. The number of hydrogen-bond acceptors (Lipinski definition) is 3. The molecule has 0 aliphatic carbocycles. The summed E-state index contributed by atoms with van der Waals surface area (Å²) in [6.07, 6.45) is 0. The third-order valence-corrected chi connectivity index (χ3v) is 4.43. The first kappa shape index (κ1) is 18.5. The van der Waals surface area contributed by atoms with E-state index in [0.717, 1.165) is 22.0 Å². The van der Waals surface area contributed by atoms with Gasteiger partial charge in [0.1, 0.15) is 5.75 Å². The third kappa shape index (κ3) is 3.92. The van der Waals surface area contributed by atoms with E-state index in [1.807, 2.05) is 56.3 Å². The first-order valence-electron chi connectivity index (χ1n) is 8.82. The number of fused-ring (bicyclic) bond motifs is 1. The summed E-state index contributed by atoms with van der Waals surface area (Å²) < 4.78 is 5.67. The number of likely N-dealkylation sites (N-methyl/N-ethyl adjacent to an activating group) is 1. The summed E-state index contributed by atoms with van der Waals surface area (Å²) in [4.78, 5) is 26.1. The standard InChI is InChI=1S/C22H22N2O3/c1-3-24(19-10-6-8-16-7-4-5-9-17(16)19)21(25)14-27-20-13-15(2)11-12-18(20)22(23)26/h4-13H,3,14H2,1-2H3,(H2,23,26). The van der Waals surface area contributed by atoms with Crippen LogP contribution in [0.3, 0.4) is 0 Å². The number of carbonyl (C=O) groups is 2. The molecule has 0 saturated carbocycles. The van der Waals surface area contributed by atoms with Crippen molar-refractivity contribution >= 4 is 28.3 Å². The Morgan fingerprint density at radius 2 is 1.78 bits per heavy atom. The lowest BCUT2D eigenvalue weighted by Crippen LogP contribution is -2.35. The van der Waals surface area contributed by atoms with Gasteiger partial charge in [-0.15, -0.1) is 0 Å². The lowest BCUT2D eigenvalue weighted by molar-refractivity contribution is -0.120. The fourth-order valence-electron chi connectivity index (χ4n) is 3.09. The van der Waals surface area contributed by atoms with Crippen LogP contribution in [0.4, 0.5) is 5.69 Å². The predicted octanol–water partition coefficient (Wildman–Crippen LogP) is 3.68. The highest BCUT2D eigenvalue weighted by molar-refractivity contribution is 6.04. The average Bonchev–Trinajstić information content (AvgIpc) is 2.67. The minimum absolute atomic E-state index is 0.180. The molecule has 27 heavy (non-hydrogen) atoms. The molecule has 0 aromatic heterocycles. The van der Waals surface area contributed by atoms with Crippen molar-refractivity contribution in [2.75, 3.05) is 18.1 Å². The molecule has 3 aromatic carbocycles. The summed E-state index contributed by atoms with van der Waals surface area (Å²) in [5.74, 6) is -0.450. The molecular weight excluding hydrogens is 340 g/mol. The lowest BCUT2D eigenvalue weighted by Gasteiger charge is -2.23. The molecule has 0 fully saturated rings. The van der Waals surface area contributed by atoms with Gasteiger partial charge in [-0.3, -0.25) is 9.59 Å². The highest BCUT2D eigenvalue weighted by atomic mass is 16.5. The molecule has 3 rings (SSSR count). The summed E-state index contributed by atoms with van der Waals surface area (Å²) in [6.45, 7) is 4.13. The van der Waals surface area contributed by atoms with Gasteiger partial charge in [0.15, 0.2) is 6.61 Å². The number of ether oxygens (including phenoxy) is 1. The SMILES string of the molecule is CCN(C(=O)COc1cc(C)ccc1C(N)=O)c1cccc2ccccc12. The van der Waals surface area contributed by atoms with Crippen molar-refractivity contribution in [1.82, 2.24) is 0 Å². The minimum Gasteiger partial charge on any atom is -0.483 e. The topological polar surface area (TPSA) is 72.6 Å². The first-order valence-corrected chi connectivity index (χ1v) is 8.82. The van der Waals surface area contributed by atoms with E-state index < -0.39 is 5.91 Å². The number of nitrogens with two attached hydrogens (primary N) is 1. The van der Waals surface area contributed by atoms with Crippen molar-refractivity contribution < 1.29 is 14.3 Å². The Kier molecular flexibility index (Phi) is 5.41. The summed E-state index contributed by atoms with van der Waals surface area (Å²) in [6, 6.07) is 18.9. The summed E-state index contributed by atoms with van der Waals surface area (Å²) in [5, 5.41) is 2.07. The van der Waals surface area contributed by atoms with E-state index >= 15 is 0 Å². The quantitative estimate of drug-likeness (QED) is 0.727. The Hall–Kier alpha value is -3.34. The van der Waals surface area contributed by atoms with Gasteiger partial charge in [-0.25, -0.2) is 0 Å². The van der Waals surface area contributed by atoms with Crippen molar-refractivity contribution in [2.45, 2.75) is 13.8 Å². The number of rotatable bonds is 6. The van der Waals surface area contributed by atoms with Gasteiger partial charge in [-0.05, 0) is 43.0 Å². The largest absolute Gasteiger partial charge is 0.483 e. The number of nitrogens with zero attached hydrogens (tertiary/aromatic N) is 1. The number of aryl methyl sites for hydroxylation is 1. The van der Waals surface area contributed by atoms with E-state index in [1.165, 1.54) is 0 Å². The van der Waals surface area contributed by atoms with Gasteiger partial charge in [-0.1, -0.05) is 42.5 Å². The number of amides is 2. The van der Waals surface area contributed by atoms with Crippen molar-refractivity contribution in [3.8, 4) is 5.75 Å². The Balaban J connectivity index is 1.85. The molecule has 0 aliphatic rings. The summed E-state index contributed by atoms with van der Waals surface area (Å²) in [5.41, 5.74) is 7.42. The second-order valence-corrected chi connectivity index (χ2v) is 6.29. The van der Waals surface area contributed by atoms with Crippen LogP contribution in [0.5, 0.6) is 5.75 Å². The minimum atomic E-state index is -0.584. The predicted molar refractivity (Wildman–Crippen MR) is 107 cm³/mol. The maximum atomic E-state index is 12.8. The van der Waals surface area contributed by atoms with Gasteiger partial charge in [0.2, 0.25) is 0 Å². The van der Waals surface area contributed by atoms with Crippen LogP contribution in [0, 0.1) is 6.92 Å². The molecule has 2 N–H and O–H groups in total. The van der Waals surface area contributed by atoms with Gasteiger partial charge in [0.05, 0.1) is 11.3 Å². The monoisotopic (exact) mass is 362 g/mol. The highest BCUT2D eigenvalue weighted by Crippen LogP contribution is 2.27. The normalized spacial score (nSPS) is 10.6. The second kappa shape index (κ2) is 7.91. The molecule has 0 spiro atoms. The summed E-state index contributed by atoms with van der Waals surface area (Å²) >= 11 is 0. The Labute approximate surface area is 158 Å². The number of primary amides is 1. The molecule has 0 atom stereocenters. The summed E-state index contributed by atoms with van der Waals surface area (Å²) in [7, 11) is 0. The number of benzene rings is 3. The molecule has 0 heterocycles. The Morgan fingerprint density at radius 1 is 1.04 bits per heavy atom. The maximum absolute atomic E-state index is 12.8. The average molecular weight is 362 g/mol. The zero-order chi connectivity index (χ0) is 19.4. The van der Waals surface area contributed by atoms with Crippen LogP contribution in [0.25, 0.3) is 10.8 Å².